The molecular weight excluding hydrogens is 436 g/mol. The first-order chi connectivity index (χ1) is 17.3. The smallest absolute Gasteiger partial charge is 0.119 e. The SMILES string of the molecule is c1ccc(CN2CCN(Cc3cccc(OC[C@@H]4CCCO4)c3)C[C@H](Cc3cnccn3)C2)cc1. The summed E-state index contributed by atoms with van der Waals surface area (Å²) in [5.41, 5.74) is 3.74. The van der Waals surface area contributed by atoms with Crippen LogP contribution in [0.5, 0.6) is 5.75 Å². The van der Waals surface area contributed by atoms with Crippen LogP contribution in [-0.2, 0) is 24.2 Å². The molecule has 2 aromatic carbocycles. The predicted octanol–water partition coefficient (Wildman–Crippen LogP) is 4.21. The van der Waals surface area contributed by atoms with Crippen LogP contribution in [0.15, 0.2) is 73.2 Å². The van der Waals surface area contributed by atoms with Crippen LogP contribution < -0.4 is 4.74 Å². The first kappa shape index (κ1) is 23.9. The fourth-order valence-electron chi connectivity index (χ4n) is 5.20. The van der Waals surface area contributed by atoms with E-state index in [0.717, 1.165) is 76.6 Å². The third-order valence-corrected chi connectivity index (χ3v) is 6.89. The van der Waals surface area contributed by atoms with Gasteiger partial charge in [-0.05, 0) is 48.4 Å². The van der Waals surface area contributed by atoms with Crippen LogP contribution in [0, 0.1) is 5.92 Å². The van der Waals surface area contributed by atoms with Crippen molar-refractivity contribution < 1.29 is 9.47 Å². The van der Waals surface area contributed by atoms with E-state index >= 15 is 0 Å². The molecule has 0 bridgehead atoms. The van der Waals surface area contributed by atoms with Crippen molar-refractivity contribution in [3.63, 3.8) is 0 Å². The maximum Gasteiger partial charge on any atom is 0.119 e. The highest BCUT2D eigenvalue weighted by Crippen LogP contribution is 2.21. The Morgan fingerprint density at radius 1 is 0.914 bits per heavy atom. The van der Waals surface area contributed by atoms with Crippen molar-refractivity contribution in [3.05, 3.63) is 90.0 Å². The average Bonchev–Trinajstić information content (AvgIpc) is 3.34. The molecule has 2 aliphatic rings. The minimum atomic E-state index is 0.238. The van der Waals surface area contributed by atoms with E-state index in [1.54, 1.807) is 12.4 Å². The van der Waals surface area contributed by atoms with E-state index in [4.69, 9.17) is 9.47 Å². The Hall–Kier alpha value is -2.80. The van der Waals surface area contributed by atoms with Gasteiger partial charge < -0.3 is 9.47 Å². The fourth-order valence-corrected chi connectivity index (χ4v) is 5.20. The average molecular weight is 473 g/mol. The Kier molecular flexibility index (Phi) is 8.37. The molecule has 35 heavy (non-hydrogen) atoms. The predicted molar refractivity (Wildman–Crippen MR) is 137 cm³/mol. The van der Waals surface area contributed by atoms with E-state index in [-0.39, 0.29) is 6.10 Å². The normalized spacial score (nSPS) is 21.6. The molecule has 3 aromatic rings. The first-order valence-electron chi connectivity index (χ1n) is 12.9. The van der Waals surface area contributed by atoms with Crippen LogP contribution >= 0.6 is 0 Å². The number of rotatable bonds is 9. The number of aromatic nitrogens is 2. The number of ether oxygens (including phenoxy) is 2. The topological polar surface area (TPSA) is 50.7 Å². The van der Waals surface area contributed by atoms with Gasteiger partial charge in [-0.25, -0.2) is 0 Å². The molecule has 2 fully saturated rings. The molecule has 3 heterocycles. The summed E-state index contributed by atoms with van der Waals surface area (Å²) in [6.07, 6.45) is 8.87. The second-order valence-corrected chi connectivity index (χ2v) is 9.82. The highest BCUT2D eigenvalue weighted by Gasteiger charge is 2.24. The number of benzene rings is 2. The van der Waals surface area contributed by atoms with Gasteiger partial charge in [0, 0.05) is 64.5 Å². The lowest BCUT2D eigenvalue weighted by atomic mass is 10.0. The summed E-state index contributed by atoms with van der Waals surface area (Å²) in [7, 11) is 0. The molecular formula is C29H36N4O2. The standard InChI is InChI=1S/C29H36N4O2/c1-2-6-24(7-3-1)19-32-13-14-33(22-26(21-32)16-27-18-30-11-12-31-27)20-25-8-4-9-28(17-25)35-23-29-10-5-15-34-29/h1-4,6-9,11-12,17-18,26,29H,5,10,13-16,19-23H2/t26-,29+/m1/s1. The lowest BCUT2D eigenvalue weighted by Crippen LogP contribution is -2.30. The van der Waals surface area contributed by atoms with Crippen molar-refractivity contribution in [2.24, 2.45) is 5.92 Å². The fraction of sp³-hybridized carbons (Fsp3) is 0.448. The van der Waals surface area contributed by atoms with Gasteiger partial charge in [0.25, 0.3) is 0 Å². The summed E-state index contributed by atoms with van der Waals surface area (Å²) >= 11 is 0. The van der Waals surface area contributed by atoms with Crippen LogP contribution in [0.25, 0.3) is 0 Å². The van der Waals surface area contributed by atoms with Crippen LogP contribution in [0.1, 0.15) is 29.7 Å². The van der Waals surface area contributed by atoms with E-state index in [0.29, 0.717) is 12.5 Å². The van der Waals surface area contributed by atoms with Gasteiger partial charge in [-0.2, -0.15) is 0 Å². The molecule has 0 amide bonds. The quantitative estimate of drug-likeness (QED) is 0.465. The van der Waals surface area contributed by atoms with Gasteiger partial charge in [0.2, 0.25) is 0 Å². The molecule has 5 rings (SSSR count). The second-order valence-electron chi connectivity index (χ2n) is 9.82. The molecule has 0 saturated carbocycles. The molecule has 184 valence electrons. The molecule has 2 atom stereocenters. The van der Waals surface area contributed by atoms with Crippen molar-refractivity contribution in [1.29, 1.82) is 0 Å². The van der Waals surface area contributed by atoms with Crippen LogP contribution in [-0.4, -0.2) is 65.3 Å². The maximum atomic E-state index is 6.06. The van der Waals surface area contributed by atoms with Crippen LogP contribution in [0.2, 0.25) is 0 Å². The van der Waals surface area contributed by atoms with Crippen molar-refractivity contribution in [2.75, 3.05) is 39.4 Å². The Balaban J connectivity index is 1.24. The highest BCUT2D eigenvalue weighted by molar-refractivity contribution is 5.28. The van der Waals surface area contributed by atoms with Gasteiger partial charge in [-0.15, -0.1) is 0 Å². The highest BCUT2D eigenvalue weighted by atomic mass is 16.5. The summed E-state index contributed by atoms with van der Waals surface area (Å²) in [5.74, 6) is 1.44. The Morgan fingerprint density at radius 3 is 2.46 bits per heavy atom. The van der Waals surface area contributed by atoms with E-state index in [1.807, 2.05) is 6.20 Å². The maximum absolute atomic E-state index is 6.06. The van der Waals surface area contributed by atoms with E-state index in [1.165, 1.54) is 11.1 Å². The lowest BCUT2D eigenvalue weighted by Gasteiger charge is -2.24. The summed E-state index contributed by atoms with van der Waals surface area (Å²) in [5, 5.41) is 0. The molecule has 0 radical (unpaired) electrons. The summed E-state index contributed by atoms with van der Waals surface area (Å²) in [6.45, 7) is 7.62. The van der Waals surface area contributed by atoms with Crippen molar-refractivity contribution in [3.8, 4) is 5.75 Å². The zero-order valence-electron chi connectivity index (χ0n) is 20.5. The third kappa shape index (κ3) is 7.34. The van der Waals surface area contributed by atoms with Crippen LogP contribution in [0.3, 0.4) is 0 Å². The molecule has 0 unspecified atom stereocenters. The number of hydrogen-bond acceptors (Lipinski definition) is 6. The number of hydrogen-bond donors (Lipinski definition) is 0. The van der Waals surface area contributed by atoms with Crippen LogP contribution in [0.4, 0.5) is 0 Å². The van der Waals surface area contributed by atoms with Gasteiger partial charge in [0.15, 0.2) is 0 Å². The lowest BCUT2D eigenvalue weighted by molar-refractivity contribution is 0.0679. The molecule has 6 nitrogen and oxygen atoms in total. The van der Waals surface area contributed by atoms with E-state index in [2.05, 4.69) is 74.4 Å². The zero-order chi connectivity index (χ0) is 23.7. The molecule has 0 aliphatic carbocycles. The van der Waals surface area contributed by atoms with Gasteiger partial charge >= 0.3 is 0 Å². The molecule has 2 saturated heterocycles. The molecule has 0 spiro atoms. The van der Waals surface area contributed by atoms with E-state index in [9.17, 15) is 0 Å². The zero-order valence-corrected chi connectivity index (χ0v) is 20.5. The van der Waals surface area contributed by atoms with Crippen molar-refractivity contribution in [1.82, 2.24) is 19.8 Å². The van der Waals surface area contributed by atoms with Crippen molar-refractivity contribution in [2.45, 2.75) is 38.5 Å². The van der Waals surface area contributed by atoms with E-state index < -0.39 is 0 Å². The largest absolute Gasteiger partial charge is 0.491 e. The summed E-state index contributed by atoms with van der Waals surface area (Å²) in [4.78, 5) is 14.0. The Labute approximate surface area is 208 Å². The number of nitrogens with zero attached hydrogens (tertiary/aromatic N) is 4. The minimum Gasteiger partial charge on any atom is -0.491 e. The monoisotopic (exact) mass is 472 g/mol. The Bertz CT molecular complexity index is 1030. The second kappa shape index (κ2) is 12.2. The van der Waals surface area contributed by atoms with Gasteiger partial charge in [0.05, 0.1) is 11.8 Å². The molecule has 1 aromatic heterocycles. The third-order valence-electron chi connectivity index (χ3n) is 6.89. The minimum absolute atomic E-state index is 0.238. The molecule has 0 N–H and O–H groups in total. The molecule has 6 heteroatoms. The summed E-state index contributed by atoms with van der Waals surface area (Å²) in [6, 6.07) is 19.4. The first-order valence-corrected chi connectivity index (χ1v) is 12.9. The summed E-state index contributed by atoms with van der Waals surface area (Å²) < 4.78 is 11.8. The van der Waals surface area contributed by atoms with Gasteiger partial charge in [-0.1, -0.05) is 42.5 Å². The van der Waals surface area contributed by atoms with Gasteiger partial charge in [0.1, 0.15) is 12.4 Å². The van der Waals surface area contributed by atoms with Crippen molar-refractivity contribution >= 4 is 0 Å². The Morgan fingerprint density at radius 2 is 1.71 bits per heavy atom. The molecule has 2 aliphatic heterocycles. The van der Waals surface area contributed by atoms with Gasteiger partial charge in [-0.3, -0.25) is 19.8 Å².